The van der Waals surface area contributed by atoms with E-state index in [0.717, 1.165) is 12.2 Å². The van der Waals surface area contributed by atoms with E-state index in [0.29, 0.717) is 44.6 Å². The molecule has 2 atom stereocenters. The van der Waals surface area contributed by atoms with Crippen LogP contribution in [0, 0.1) is 12.3 Å². The van der Waals surface area contributed by atoms with Crippen LogP contribution in [0.4, 0.5) is 0 Å². The van der Waals surface area contributed by atoms with E-state index in [4.69, 9.17) is 0 Å². The molecule has 144 valence electrons. The fraction of sp³-hybridized carbons (Fsp3) is 0.706. The van der Waals surface area contributed by atoms with Gasteiger partial charge in [0.05, 0.1) is 41.8 Å². The summed E-state index contributed by atoms with van der Waals surface area (Å²) in [6.07, 6.45) is 6.63. The maximum absolute atomic E-state index is 13.2. The van der Waals surface area contributed by atoms with Crippen LogP contribution in [0.15, 0.2) is 12.4 Å². The van der Waals surface area contributed by atoms with Gasteiger partial charge in [0.15, 0.2) is 0 Å². The van der Waals surface area contributed by atoms with E-state index >= 15 is 0 Å². The number of carbonyl (C=O) groups is 1. The molecule has 1 aromatic heterocycles. The first-order valence-electron chi connectivity index (χ1n) is 8.93. The second-order valence-electron chi connectivity index (χ2n) is 7.49. The minimum atomic E-state index is -3.36. The summed E-state index contributed by atoms with van der Waals surface area (Å²) in [5.41, 5.74) is 0.845. The monoisotopic (exact) mass is 381 g/mol. The van der Waals surface area contributed by atoms with E-state index in [9.17, 15) is 13.2 Å². The lowest BCUT2D eigenvalue weighted by Gasteiger charge is -2.52. The topological polar surface area (TPSA) is 95.5 Å². The van der Waals surface area contributed by atoms with Crippen molar-refractivity contribution >= 4 is 15.9 Å². The number of likely N-dealkylation sites (tertiary alicyclic amines) is 1. The van der Waals surface area contributed by atoms with Crippen molar-refractivity contribution in [2.75, 3.05) is 32.9 Å². The molecule has 3 rings (SSSR count). The summed E-state index contributed by atoms with van der Waals surface area (Å²) >= 11 is 0. The zero-order valence-corrected chi connectivity index (χ0v) is 16.4. The van der Waals surface area contributed by atoms with Gasteiger partial charge in [0, 0.05) is 19.3 Å². The maximum Gasteiger partial charge on any atom is 0.228 e. The molecule has 2 fully saturated rings. The van der Waals surface area contributed by atoms with Gasteiger partial charge in [-0.3, -0.25) is 14.8 Å². The van der Waals surface area contributed by atoms with Crippen LogP contribution < -0.4 is 5.32 Å². The van der Waals surface area contributed by atoms with Crippen molar-refractivity contribution in [3.8, 4) is 0 Å². The molecule has 2 aliphatic heterocycles. The van der Waals surface area contributed by atoms with Gasteiger partial charge in [-0.05, 0) is 39.8 Å². The molecule has 0 spiro atoms. The zero-order chi connectivity index (χ0) is 18.9. The standard InChI is InChI=1S/C17H27N5O3S/c1-13-9-19-14(10-18-13)11-20-16(23)17-5-4-7-22(26(3,24)25)15(17)12-21(2)8-6-17/h9-10,15H,4-8,11-12H2,1-3H3,(H,20,23)/t15-,17+/m0/s1. The van der Waals surface area contributed by atoms with Crippen molar-refractivity contribution in [2.24, 2.45) is 5.41 Å². The first kappa shape index (κ1) is 19.2. The number of hydrogen-bond acceptors (Lipinski definition) is 6. The predicted octanol–water partition coefficient (Wildman–Crippen LogP) is 0.147. The van der Waals surface area contributed by atoms with E-state index in [-0.39, 0.29) is 11.9 Å². The van der Waals surface area contributed by atoms with E-state index in [1.165, 1.54) is 10.6 Å². The largest absolute Gasteiger partial charge is 0.350 e. The van der Waals surface area contributed by atoms with Gasteiger partial charge in [0.2, 0.25) is 15.9 Å². The summed E-state index contributed by atoms with van der Waals surface area (Å²) in [4.78, 5) is 23.7. The second-order valence-corrected chi connectivity index (χ2v) is 9.43. The lowest BCUT2D eigenvalue weighted by Crippen LogP contribution is -2.66. The van der Waals surface area contributed by atoms with Crippen LogP contribution in [0.5, 0.6) is 0 Å². The van der Waals surface area contributed by atoms with Crippen molar-refractivity contribution in [2.45, 2.75) is 38.8 Å². The summed E-state index contributed by atoms with van der Waals surface area (Å²) < 4.78 is 26.1. The second kappa shape index (κ2) is 7.21. The molecule has 0 bridgehead atoms. The fourth-order valence-electron chi connectivity index (χ4n) is 4.12. The van der Waals surface area contributed by atoms with Gasteiger partial charge in [-0.1, -0.05) is 0 Å². The number of rotatable bonds is 4. The Morgan fingerprint density at radius 1 is 1.31 bits per heavy atom. The number of carbonyl (C=O) groups excluding carboxylic acids is 1. The molecule has 2 aliphatic rings. The van der Waals surface area contributed by atoms with Gasteiger partial charge in [-0.2, -0.15) is 4.31 Å². The third kappa shape index (κ3) is 3.74. The Morgan fingerprint density at radius 2 is 2.08 bits per heavy atom. The van der Waals surface area contributed by atoms with Crippen LogP contribution in [0.3, 0.4) is 0 Å². The number of amides is 1. The molecule has 26 heavy (non-hydrogen) atoms. The van der Waals surface area contributed by atoms with Crippen molar-refractivity contribution in [3.63, 3.8) is 0 Å². The van der Waals surface area contributed by atoms with Crippen molar-refractivity contribution < 1.29 is 13.2 Å². The van der Waals surface area contributed by atoms with E-state index < -0.39 is 15.4 Å². The van der Waals surface area contributed by atoms with Gasteiger partial charge >= 0.3 is 0 Å². The quantitative estimate of drug-likeness (QED) is 0.798. The van der Waals surface area contributed by atoms with Gasteiger partial charge in [-0.25, -0.2) is 8.42 Å². The van der Waals surface area contributed by atoms with E-state index in [1.807, 2.05) is 14.0 Å². The maximum atomic E-state index is 13.2. The van der Waals surface area contributed by atoms with Crippen LogP contribution in [0.1, 0.15) is 30.7 Å². The van der Waals surface area contributed by atoms with Crippen LogP contribution in [-0.2, 0) is 21.4 Å². The predicted molar refractivity (Wildman–Crippen MR) is 97.7 cm³/mol. The van der Waals surface area contributed by atoms with Gasteiger partial charge in [0.25, 0.3) is 0 Å². The Labute approximate surface area is 155 Å². The van der Waals surface area contributed by atoms with Gasteiger partial charge in [-0.15, -0.1) is 0 Å². The van der Waals surface area contributed by atoms with E-state index in [2.05, 4.69) is 20.2 Å². The number of sulfonamides is 1. The average molecular weight is 382 g/mol. The molecule has 9 heteroatoms. The summed E-state index contributed by atoms with van der Waals surface area (Å²) in [6.45, 7) is 4.00. The van der Waals surface area contributed by atoms with Gasteiger partial charge < -0.3 is 10.2 Å². The number of piperidine rings is 2. The highest BCUT2D eigenvalue weighted by molar-refractivity contribution is 7.88. The number of aryl methyl sites for hydroxylation is 1. The first-order valence-corrected chi connectivity index (χ1v) is 10.8. The van der Waals surface area contributed by atoms with E-state index in [1.54, 1.807) is 12.4 Å². The highest BCUT2D eigenvalue weighted by atomic mass is 32.2. The number of fused-ring (bicyclic) bond motifs is 1. The smallest absolute Gasteiger partial charge is 0.228 e. The van der Waals surface area contributed by atoms with Crippen LogP contribution in [-0.4, -0.2) is 72.5 Å². The Kier molecular flexibility index (Phi) is 5.32. The fourth-order valence-corrected chi connectivity index (χ4v) is 5.31. The molecular formula is C17H27N5O3S. The average Bonchev–Trinajstić information content (AvgIpc) is 2.59. The van der Waals surface area contributed by atoms with Gasteiger partial charge in [0.1, 0.15) is 0 Å². The number of aromatic nitrogens is 2. The molecule has 8 nitrogen and oxygen atoms in total. The third-order valence-corrected chi connectivity index (χ3v) is 6.84. The molecule has 2 saturated heterocycles. The first-order chi connectivity index (χ1) is 12.2. The molecule has 3 heterocycles. The molecule has 0 aromatic carbocycles. The number of likely N-dealkylation sites (N-methyl/N-ethyl adjacent to an activating group) is 1. The molecule has 0 aliphatic carbocycles. The highest BCUT2D eigenvalue weighted by Gasteiger charge is 2.54. The van der Waals surface area contributed by atoms with Crippen LogP contribution in [0.25, 0.3) is 0 Å². The number of nitrogens with zero attached hydrogens (tertiary/aromatic N) is 4. The number of hydrogen-bond donors (Lipinski definition) is 1. The normalized spacial score (nSPS) is 27.7. The van der Waals surface area contributed by atoms with Crippen molar-refractivity contribution in [1.29, 1.82) is 0 Å². The lowest BCUT2D eigenvalue weighted by atomic mass is 9.68. The summed E-state index contributed by atoms with van der Waals surface area (Å²) in [5, 5.41) is 2.98. The number of nitrogens with one attached hydrogen (secondary N) is 1. The lowest BCUT2D eigenvalue weighted by molar-refractivity contribution is -0.141. The molecular weight excluding hydrogens is 354 g/mol. The minimum absolute atomic E-state index is 0.0775. The molecule has 0 radical (unpaired) electrons. The van der Waals surface area contributed by atoms with Crippen LogP contribution >= 0.6 is 0 Å². The summed E-state index contributed by atoms with van der Waals surface area (Å²) in [7, 11) is -1.39. The molecule has 0 saturated carbocycles. The van der Waals surface area contributed by atoms with Crippen molar-refractivity contribution in [1.82, 2.24) is 24.5 Å². The van der Waals surface area contributed by atoms with Crippen molar-refractivity contribution in [3.05, 3.63) is 23.8 Å². The Hall–Kier alpha value is -1.58. The summed E-state index contributed by atoms with van der Waals surface area (Å²) in [5.74, 6) is -0.0775. The zero-order valence-electron chi connectivity index (χ0n) is 15.6. The SMILES string of the molecule is Cc1cnc(CNC(=O)[C@@]23CCCN(S(C)(=O)=O)[C@H]2CN(C)CC3)cn1. The molecule has 1 amide bonds. The molecule has 1 N–H and O–H groups in total. The minimum Gasteiger partial charge on any atom is -0.350 e. The van der Waals surface area contributed by atoms with Crippen LogP contribution in [0.2, 0.25) is 0 Å². The Morgan fingerprint density at radius 3 is 2.73 bits per heavy atom. The molecule has 1 aromatic rings. The Balaban J connectivity index is 1.81. The summed E-state index contributed by atoms with van der Waals surface area (Å²) in [6, 6.07) is -0.325. The highest BCUT2D eigenvalue weighted by Crippen LogP contribution is 2.43. The Bertz CT molecular complexity index is 767. The third-order valence-electron chi connectivity index (χ3n) is 5.55. The molecule has 0 unspecified atom stereocenters.